The molecule has 0 bridgehead atoms. The van der Waals surface area contributed by atoms with Gasteiger partial charge in [0.15, 0.2) is 0 Å². The van der Waals surface area contributed by atoms with Crippen LogP contribution < -0.4 is 0 Å². The molecule has 0 N–H and O–H groups in total. The van der Waals surface area contributed by atoms with Gasteiger partial charge in [-0.2, -0.15) is 0 Å². The van der Waals surface area contributed by atoms with Crippen LogP contribution >= 0.6 is 11.3 Å². The summed E-state index contributed by atoms with van der Waals surface area (Å²) < 4.78 is 0. The largest absolute Gasteiger partial charge is 0.300 e. The molecule has 1 heterocycles. The van der Waals surface area contributed by atoms with Crippen molar-refractivity contribution in [1.29, 1.82) is 0 Å². The lowest BCUT2D eigenvalue weighted by atomic mass is 9.95. The number of hydrogen-bond donors (Lipinski definition) is 0. The Labute approximate surface area is 96.5 Å². The molecule has 0 aliphatic rings. The second-order valence-corrected chi connectivity index (χ2v) is 4.95. The average Bonchev–Trinajstić information content (AvgIpc) is 2.65. The van der Waals surface area contributed by atoms with Gasteiger partial charge in [0.05, 0.1) is 0 Å². The van der Waals surface area contributed by atoms with Gasteiger partial charge in [0.2, 0.25) is 0 Å². The van der Waals surface area contributed by atoms with E-state index in [-0.39, 0.29) is 0 Å². The summed E-state index contributed by atoms with van der Waals surface area (Å²) >= 11 is 1.83. The van der Waals surface area contributed by atoms with Gasteiger partial charge < -0.3 is 0 Å². The average molecular weight is 224 g/mol. The lowest BCUT2D eigenvalue weighted by Crippen LogP contribution is -2.02. The highest BCUT2D eigenvalue weighted by Gasteiger charge is 2.14. The van der Waals surface area contributed by atoms with Gasteiger partial charge in [-0.05, 0) is 42.7 Å². The Balaban J connectivity index is 2.57. The molecule has 1 unspecified atom stereocenters. The van der Waals surface area contributed by atoms with E-state index in [2.05, 4.69) is 25.3 Å². The molecule has 0 aliphatic carbocycles. The SMILES string of the molecule is CCC(=O)CCC(CC)c1sccc1C. The highest BCUT2D eigenvalue weighted by Crippen LogP contribution is 2.31. The van der Waals surface area contributed by atoms with Gasteiger partial charge in [0, 0.05) is 17.7 Å². The van der Waals surface area contributed by atoms with Crippen LogP contribution in [0.4, 0.5) is 0 Å². The number of ketones is 1. The van der Waals surface area contributed by atoms with Crippen molar-refractivity contribution < 1.29 is 4.79 Å². The molecule has 2 heteroatoms. The Morgan fingerprint density at radius 2 is 2.20 bits per heavy atom. The first kappa shape index (κ1) is 12.4. The Hall–Kier alpha value is -0.630. The van der Waals surface area contributed by atoms with Crippen LogP contribution in [-0.2, 0) is 4.79 Å². The maximum absolute atomic E-state index is 11.3. The third-order valence-electron chi connectivity index (χ3n) is 2.93. The molecule has 0 saturated heterocycles. The van der Waals surface area contributed by atoms with Crippen molar-refractivity contribution in [1.82, 2.24) is 0 Å². The molecule has 1 rings (SSSR count). The third kappa shape index (κ3) is 3.45. The quantitative estimate of drug-likeness (QED) is 0.703. The second-order valence-electron chi connectivity index (χ2n) is 4.00. The van der Waals surface area contributed by atoms with E-state index in [1.54, 1.807) is 0 Å². The maximum atomic E-state index is 11.3. The fourth-order valence-electron chi connectivity index (χ4n) is 1.84. The van der Waals surface area contributed by atoms with Gasteiger partial charge in [-0.3, -0.25) is 4.79 Å². The van der Waals surface area contributed by atoms with Crippen LogP contribution in [0, 0.1) is 6.92 Å². The zero-order valence-electron chi connectivity index (χ0n) is 9.88. The van der Waals surface area contributed by atoms with Gasteiger partial charge >= 0.3 is 0 Å². The second kappa shape index (κ2) is 6.06. The Morgan fingerprint density at radius 3 is 2.67 bits per heavy atom. The van der Waals surface area contributed by atoms with Crippen LogP contribution in [0.3, 0.4) is 0 Å². The van der Waals surface area contributed by atoms with Crippen molar-refractivity contribution in [2.45, 2.75) is 52.4 Å². The van der Waals surface area contributed by atoms with Crippen molar-refractivity contribution in [3.8, 4) is 0 Å². The third-order valence-corrected chi connectivity index (χ3v) is 4.11. The molecule has 1 nitrogen and oxygen atoms in total. The molecular weight excluding hydrogens is 204 g/mol. The number of carbonyl (C=O) groups excluding carboxylic acids is 1. The summed E-state index contributed by atoms with van der Waals surface area (Å²) in [6.45, 7) is 6.32. The van der Waals surface area contributed by atoms with Crippen molar-refractivity contribution >= 4 is 17.1 Å². The number of carbonyl (C=O) groups is 1. The molecular formula is C13H20OS. The number of thiophene rings is 1. The van der Waals surface area contributed by atoms with Crippen LogP contribution in [0.25, 0.3) is 0 Å². The molecule has 0 aromatic carbocycles. The molecule has 0 amide bonds. The first-order valence-electron chi connectivity index (χ1n) is 5.74. The van der Waals surface area contributed by atoms with Gasteiger partial charge in [-0.1, -0.05) is 13.8 Å². The van der Waals surface area contributed by atoms with E-state index in [0.717, 1.165) is 19.3 Å². The minimum absolute atomic E-state index is 0.391. The molecule has 0 radical (unpaired) electrons. The van der Waals surface area contributed by atoms with Crippen LogP contribution in [0.2, 0.25) is 0 Å². The molecule has 1 aromatic rings. The van der Waals surface area contributed by atoms with E-state index < -0.39 is 0 Å². The van der Waals surface area contributed by atoms with Crippen LogP contribution in [0.5, 0.6) is 0 Å². The standard InChI is InChI=1S/C13H20OS/c1-4-11(6-7-12(14)5-2)13-10(3)8-9-15-13/h8-9,11H,4-7H2,1-3H3. The summed E-state index contributed by atoms with van der Waals surface area (Å²) in [5, 5.41) is 2.15. The summed E-state index contributed by atoms with van der Waals surface area (Å²) in [6, 6.07) is 2.17. The lowest BCUT2D eigenvalue weighted by Gasteiger charge is -2.13. The van der Waals surface area contributed by atoms with Crippen molar-refractivity contribution in [2.75, 3.05) is 0 Å². The number of aryl methyl sites for hydroxylation is 1. The monoisotopic (exact) mass is 224 g/mol. The van der Waals surface area contributed by atoms with E-state index in [9.17, 15) is 4.79 Å². The molecule has 0 fully saturated rings. The van der Waals surface area contributed by atoms with Crippen molar-refractivity contribution in [3.05, 3.63) is 21.9 Å². The van der Waals surface area contributed by atoms with E-state index >= 15 is 0 Å². The van der Waals surface area contributed by atoms with E-state index in [1.807, 2.05) is 18.3 Å². The number of rotatable bonds is 6. The zero-order chi connectivity index (χ0) is 11.3. The highest BCUT2D eigenvalue weighted by atomic mass is 32.1. The highest BCUT2D eigenvalue weighted by molar-refractivity contribution is 7.10. The normalized spacial score (nSPS) is 12.7. The lowest BCUT2D eigenvalue weighted by molar-refractivity contribution is -0.118. The van der Waals surface area contributed by atoms with Crippen LogP contribution in [-0.4, -0.2) is 5.78 Å². The van der Waals surface area contributed by atoms with Crippen LogP contribution in [0.15, 0.2) is 11.4 Å². The fraction of sp³-hybridized carbons (Fsp3) is 0.615. The molecule has 84 valence electrons. The fourth-order valence-corrected chi connectivity index (χ4v) is 2.98. The molecule has 0 saturated carbocycles. The van der Waals surface area contributed by atoms with Gasteiger partial charge in [0.25, 0.3) is 0 Å². The van der Waals surface area contributed by atoms with E-state index in [0.29, 0.717) is 18.1 Å². The molecule has 0 spiro atoms. The molecule has 1 aromatic heterocycles. The molecule has 15 heavy (non-hydrogen) atoms. The van der Waals surface area contributed by atoms with Crippen molar-refractivity contribution in [2.24, 2.45) is 0 Å². The van der Waals surface area contributed by atoms with Crippen molar-refractivity contribution in [3.63, 3.8) is 0 Å². The Bertz CT molecular complexity index is 314. The number of Topliss-reactive ketones (excluding diaryl/α,β-unsaturated/α-hetero) is 1. The summed E-state index contributed by atoms with van der Waals surface area (Å²) in [5.41, 5.74) is 1.38. The summed E-state index contributed by atoms with van der Waals surface area (Å²) in [6.07, 6.45) is 3.58. The summed E-state index contributed by atoms with van der Waals surface area (Å²) in [7, 11) is 0. The minimum atomic E-state index is 0.391. The van der Waals surface area contributed by atoms with E-state index in [1.165, 1.54) is 10.4 Å². The topological polar surface area (TPSA) is 17.1 Å². The predicted octanol–water partition coefficient (Wildman–Crippen LogP) is 4.31. The van der Waals surface area contributed by atoms with Gasteiger partial charge in [0.1, 0.15) is 5.78 Å². The Kier molecular flexibility index (Phi) is 5.03. The van der Waals surface area contributed by atoms with Gasteiger partial charge in [-0.15, -0.1) is 11.3 Å². The summed E-state index contributed by atoms with van der Waals surface area (Å²) in [5.74, 6) is 0.975. The first-order valence-corrected chi connectivity index (χ1v) is 6.62. The molecule has 0 aliphatic heterocycles. The smallest absolute Gasteiger partial charge is 0.132 e. The number of hydrogen-bond acceptors (Lipinski definition) is 2. The first-order chi connectivity index (χ1) is 7.19. The van der Waals surface area contributed by atoms with Gasteiger partial charge in [-0.25, -0.2) is 0 Å². The summed E-state index contributed by atoms with van der Waals surface area (Å²) in [4.78, 5) is 12.8. The minimum Gasteiger partial charge on any atom is -0.300 e. The van der Waals surface area contributed by atoms with Crippen LogP contribution in [0.1, 0.15) is 55.9 Å². The Morgan fingerprint density at radius 1 is 1.47 bits per heavy atom. The zero-order valence-corrected chi connectivity index (χ0v) is 10.7. The predicted molar refractivity (Wildman–Crippen MR) is 66.6 cm³/mol. The van der Waals surface area contributed by atoms with E-state index in [4.69, 9.17) is 0 Å². The maximum Gasteiger partial charge on any atom is 0.132 e. The molecule has 1 atom stereocenters.